The monoisotopic (exact) mass is 580 g/mol. The van der Waals surface area contributed by atoms with Gasteiger partial charge < -0.3 is 38.2 Å². The third-order valence-electron chi connectivity index (χ3n) is 7.40. The maximum Gasteiger partial charge on any atom is 0.495 e. The quantitative estimate of drug-likeness (QED) is 0.0517. The summed E-state index contributed by atoms with van der Waals surface area (Å²) in [6.07, 6.45) is 22.3. The molecule has 0 aliphatic heterocycles. The number of nitrogens with zero attached hydrogens (tertiary/aromatic N) is 1. The minimum absolute atomic E-state index is 0.0627. The molecule has 9 heteroatoms. The van der Waals surface area contributed by atoms with Crippen LogP contribution >= 0.6 is 0 Å². The van der Waals surface area contributed by atoms with Crippen molar-refractivity contribution in [2.75, 3.05) is 66.8 Å². The lowest BCUT2D eigenvalue weighted by molar-refractivity contribution is -0.890. The van der Waals surface area contributed by atoms with Gasteiger partial charge in [0.25, 0.3) is 0 Å². The molecule has 8 nitrogen and oxygen atoms in total. The number of aliphatic hydroxyl groups excluding tert-OH is 2. The van der Waals surface area contributed by atoms with E-state index in [2.05, 4.69) is 21.0 Å². The maximum atomic E-state index is 10.2. The second-order valence-corrected chi connectivity index (χ2v) is 14.1. The molecule has 0 saturated heterocycles. The average Bonchev–Trinajstić information content (AvgIpc) is 2.89. The van der Waals surface area contributed by atoms with Crippen molar-refractivity contribution >= 4 is 8.80 Å². The molecule has 0 radical (unpaired) electrons. The van der Waals surface area contributed by atoms with Crippen molar-refractivity contribution in [1.29, 1.82) is 0 Å². The molecular formula is C30H66NO7Si+. The number of quaternary nitrogens is 1. The van der Waals surface area contributed by atoms with Gasteiger partial charge in [-0.25, -0.2) is 0 Å². The van der Waals surface area contributed by atoms with Crippen molar-refractivity contribution < 1.29 is 38.2 Å². The van der Waals surface area contributed by atoms with Crippen molar-refractivity contribution in [3.63, 3.8) is 0 Å². The van der Waals surface area contributed by atoms with Crippen LogP contribution in [0.4, 0.5) is 0 Å². The maximum absolute atomic E-state index is 10.2. The van der Waals surface area contributed by atoms with E-state index in [1.54, 1.807) is 0 Å². The summed E-state index contributed by atoms with van der Waals surface area (Å²) in [7, 11) is 0.718. The van der Waals surface area contributed by atoms with E-state index >= 15 is 0 Å². The highest BCUT2D eigenvalue weighted by Gasteiger charge is 2.32. The van der Waals surface area contributed by atoms with E-state index in [1.807, 2.05) is 0 Å². The number of rotatable bonds is 31. The van der Waals surface area contributed by atoms with Crippen LogP contribution in [0.2, 0.25) is 6.04 Å². The Balaban J connectivity index is 3.64. The number of ether oxygens (including phenoxy) is 2. The molecule has 0 spiro atoms. The van der Waals surface area contributed by atoms with Crippen LogP contribution in [0.25, 0.3) is 0 Å². The van der Waals surface area contributed by atoms with E-state index in [9.17, 15) is 14.7 Å². The first-order chi connectivity index (χ1) is 18.8. The standard InChI is InChI=1S/C30H66NO7Si/c1-4-5-6-7-8-9-10-11-12-13-14-15-16-17-18-19-21-31(2,3)22-20-27-39(34,35)38-26-25-37-30(28-33)29-36-24-23-32/h30,32-35H,4-29H2,1-3H3/q+1. The van der Waals surface area contributed by atoms with Gasteiger partial charge in [0.2, 0.25) is 0 Å². The normalized spacial score (nSPS) is 13.3. The highest BCUT2D eigenvalue weighted by molar-refractivity contribution is 6.57. The van der Waals surface area contributed by atoms with Gasteiger partial charge in [-0.05, 0) is 12.8 Å². The van der Waals surface area contributed by atoms with Crippen LogP contribution in [0.3, 0.4) is 0 Å². The van der Waals surface area contributed by atoms with Crippen LogP contribution in [0, 0.1) is 0 Å². The zero-order valence-electron chi connectivity index (χ0n) is 25.9. The Kier molecular flexibility index (Phi) is 26.7. The molecule has 0 aromatic carbocycles. The Morgan fingerprint density at radius 3 is 1.62 bits per heavy atom. The summed E-state index contributed by atoms with van der Waals surface area (Å²) in [6.45, 7) is 4.55. The van der Waals surface area contributed by atoms with Crippen molar-refractivity contribution in [3.8, 4) is 0 Å². The molecule has 0 fully saturated rings. The van der Waals surface area contributed by atoms with Crippen molar-refractivity contribution in [2.45, 2.75) is 128 Å². The molecule has 0 bridgehead atoms. The first-order valence-electron chi connectivity index (χ1n) is 16.1. The average molecular weight is 581 g/mol. The molecule has 0 saturated carbocycles. The van der Waals surface area contributed by atoms with Gasteiger partial charge in [-0.3, -0.25) is 0 Å². The molecule has 0 aliphatic rings. The molecule has 1 unspecified atom stereocenters. The van der Waals surface area contributed by atoms with Crippen LogP contribution in [0.5, 0.6) is 0 Å². The molecule has 1 atom stereocenters. The van der Waals surface area contributed by atoms with Crippen molar-refractivity contribution in [1.82, 2.24) is 0 Å². The minimum Gasteiger partial charge on any atom is -0.394 e. The van der Waals surface area contributed by atoms with Crippen molar-refractivity contribution in [2.24, 2.45) is 0 Å². The largest absolute Gasteiger partial charge is 0.495 e. The lowest BCUT2D eigenvalue weighted by Gasteiger charge is -2.30. The number of unbranched alkanes of at least 4 members (excludes halogenated alkanes) is 15. The molecule has 39 heavy (non-hydrogen) atoms. The highest BCUT2D eigenvalue weighted by Crippen LogP contribution is 2.15. The zero-order valence-corrected chi connectivity index (χ0v) is 26.9. The molecule has 0 aliphatic carbocycles. The first-order valence-corrected chi connectivity index (χ1v) is 18.1. The smallest absolute Gasteiger partial charge is 0.394 e. The Morgan fingerprint density at radius 2 is 1.13 bits per heavy atom. The molecule has 0 amide bonds. The van der Waals surface area contributed by atoms with Crippen LogP contribution < -0.4 is 0 Å². The Bertz CT molecular complexity index is 512. The summed E-state index contributed by atoms with van der Waals surface area (Å²) < 4.78 is 16.8. The third-order valence-corrected chi connectivity index (χ3v) is 9.07. The molecule has 4 N–H and O–H groups in total. The van der Waals surface area contributed by atoms with Gasteiger partial charge >= 0.3 is 8.80 Å². The minimum atomic E-state index is -3.71. The summed E-state index contributed by atoms with van der Waals surface area (Å²) in [5.74, 6) is 0. The Morgan fingerprint density at radius 1 is 0.641 bits per heavy atom. The lowest BCUT2D eigenvalue weighted by Crippen LogP contribution is -2.44. The second kappa shape index (κ2) is 26.8. The van der Waals surface area contributed by atoms with Crippen molar-refractivity contribution in [3.05, 3.63) is 0 Å². The van der Waals surface area contributed by atoms with Crippen LogP contribution in [0.15, 0.2) is 0 Å². The Labute approximate surface area is 242 Å². The van der Waals surface area contributed by atoms with E-state index in [4.69, 9.17) is 19.0 Å². The molecule has 0 aromatic rings. The predicted molar refractivity (Wildman–Crippen MR) is 162 cm³/mol. The van der Waals surface area contributed by atoms with Gasteiger partial charge in [0.05, 0.1) is 66.8 Å². The topological polar surface area (TPSA) is 109 Å². The summed E-state index contributed by atoms with van der Waals surface area (Å²) >= 11 is 0. The summed E-state index contributed by atoms with van der Waals surface area (Å²) in [5.41, 5.74) is 0. The molecular weight excluding hydrogens is 514 g/mol. The van der Waals surface area contributed by atoms with Crippen LogP contribution in [-0.2, 0) is 13.9 Å². The zero-order chi connectivity index (χ0) is 29.1. The summed E-state index contributed by atoms with van der Waals surface area (Å²) in [5, 5.41) is 18.0. The van der Waals surface area contributed by atoms with E-state index in [0.29, 0.717) is 6.42 Å². The van der Waals surface area contributed by atoms with E-state index in [0.717, 1.165) is 17.6 Å². The van der Waals surface area contributed by atoms with Gasteiger partial charge in [-0.15, -0.1) is 0 Å². The van der Waals surface area contributed by atoms with Gasteiger partial charge in [0.1, 0.15) is 6.10 Å². The van der Waals surface area contributed by atoms with Crippen LogP contribution in [-0.4, -0.2) is 106 Å². The molecule has 0 aromatic heterocycles. The number of hydrogen-bond donors (Lipinski definition) is 4. The molecule has 0 rings (SSSR count). The molecule has 0 heterocycles. The second-order valence-electron chi connectivity index (χ2n) is 11.9. The van der Waals surface area contributed by atoms with E-state index in [1.165, 1.54) is 103 Å². The summed E-state index contributed by atoms with van der Waals surface area (Å²) in [6, 6.07) is 0.274. The third kappa shape index (κ3) is 27.8. The fourth-order valence-electron chi connectivity index (χ4n) is 4.86. The lowest BCUT2D eigenvalue weighted by atomic mass is 10.0. The fourth-order valence-corrected chi connectivity index (χ4v) is 6.04. The van der Waals surface area contributed by atoms with Gasteiger partial charge in [-0.2, -0.15) is 0 Å². The van der Waals surface area contributed by atoms with Gasteiger partial charge in [0, 0.05) is 12.5 Å². The van der Waals surface area contributed by atoms with Crippen LogP contribution in [0.1, 0.15) is 116 Å². The fraction of sp³-hybridized carbons (Fsp3) is 1.00. The number of hydrogen-bond acceptors (Lipinski definition) is 7. The van der Waals surface area contributed by atoms with Gasteiger partial charge in [-0.1, -0.05) is 96.8 Å². The molecule has 236 valence electrons. The SMILES string of the molecule is CCCCCCCCCCCCCCCCCC[N+](C)(C)CCC[Si](O)(O)OCCOC(CO)COCCO. The summed E-state index contributed by atoms with van der Waals surface area (Å²) in [4.78, 5) is 20.5. The Hall–Kier alpha value is -0.103. The highest BCUT2D eigenvalue weighted by atomic mass is 28.4. The van der Waals surface area contributed by atoms with Gasteiger partial charge in [0.15, 0.2) is 0 Å². The van der Waals surface area contributed by atoms with E-state index < -0.39 is 14.9 Å². The predicted octanol–water partition coefficient (Wildman–Crippen LogP) is 5.04. The first kappa shape index (κ1) is 38.9. The van der Waals surface area contributed by atoms with E-state index in [-0.39, 0.29) is 45.7 Å². The number of aliphatic hydroxyl groups is 2.